The highest BCUT2D eigenvalue weighted by atomic mass is 31.1. The van der Waals surface area contributed by atoms with Gasteiger partial charge >= 0.3 is 8.25 Å². The highest BCUT2D eigenvalue weighted by Crippen LogP contribution is 2.16. The Morgan fingerprint density at radius 3 is 1.12 bits per heavy atom. The van der Waals surface area contributed by atoms with Crippen LogP contribution >= 0.6 is 8.25 Å². The minimum Gasteiger partial charge on any atom is -0.133 e. The summed E-state index contributed by atoms with van der Waals surface area (Å²) in [6, 6.07) is 0. The Labute approximate surface area is 158 Å². The quantitative estimate of drug-likeness (QED) is 0.163. The Morgan fingerprint density at radius 1 is 0.560 bits per heavy atom. The Bertz CT molecular complexity index is 272. The number of unbranched alkanes of at least 4 members (excludes halogenated alkanes) is 18. The van der Waals surface area contributed by atoms with Gasteiger partial charge in [0.05, 0.1) is 0 Å². The van der Waals surface area contributed by atoms with Crippen LogP contribution in [0.4, 0.5) is 0 Å². The fourth-order valence-corrected chi connectivity index (χ4v) is 3.61. The molecule has 150 valence electrons. The smallest absolute Gasteiger partial charge is 0.133 e. The molecule has 0 heterocycles. The molecule has 0 aliphatic heterocycles. The zero-order chi connectivity index (χ0) is 18.4. The summed E-state index contributed by atoms with van der Waals surface area (Å²) in [5, 5.41) is 0. The van der Waals surface area contributed by atoms with Crippen molar-refractivity contribution in [3.8, 4) is 0 Å². The molecular weight excluding hydrogens is 331 g/mol. The summed E-state index contributed by atoms with van der Waals surface area (Å²) in [5.74, 6) is 0. The van der Waals surface area contributed by atoms with Crippen molar-refractivity contribution in [3.63, 3.8) is 0 Å². The molecular formula is C21H44O3P+. The van der Waals surface area contributed by atoms with Gasteiger partial charge in [-0.05, 0) is 6.42 Å². The van der Waals surface area contributed by atoms with Gasteiger partial charge in [-0.3, -0.25) is 0 Å². The highest BCUT2D eigenvalue weighted by molar-refractivity contribution is 7.32. The second-order valence-corrected chi connectivity index (χ2v) is 8.17. The third-order valence-corrected chi connectivity index (χ3v) is 5.35. The largest absolute Gasteiger partial charge is 0.694 e. The summed E-state index contributed by atoms with van der Waals surface area (Å²) in [4.78, 5) is 8.49. The van der Waals surface area contributed by atoms with Crippen molar-refractivity contribution in [1.29, 1.82) is 0 Å². The maximum Gasteiger partial charge on any atom is 0.694 e. The standard InChI is InChI=1S/C21H43O3P/c1-2-3-4-5-6-7-8-9-10-11-12-13-14-15-16-17-18-19-20-21-24-25(22)23/h2-21H2,1H3/p+1. The van der Waals surface area contributed by atoms with Crippen LogP contribution in [-0.2, 0) is 9.09 Å². The Kier molecular flexibility index (Phi) is 22.1. The molecule has 0 rings (SSSR count). The average molecular weight is 376 g/mol. The van der Waals surface area contributed by atoms with Crippen LogP contribution in [0.2, 0.25) is 0 Å². The average Bonchev–Trinajstić information content (AvgIpc) is 2.60. The molecule has 0 aliphatic rings. The molecule has 0 amide bonds. The van der Waals surface area contributed by atoms with E-state index in [4.69, 9.17) is 4.89 Å². The minimum absolute atomic E-state index is 0.421. The molecule has 0 aromatic heterocycles. The van der Waals surface area contributed by atoms with E-state index < -0.39 is 8.25 Å². The van der Waals surface area contributed by atoms with Gasteiger partial charge < -0.3 is 0 Å². The molecule has 0 aromatic rings. The van der Waals surface area contributed by atoms with E-state index in [1.54, 1.807) is 0 Å². The van der Waals surface area contributed by atoms with Gasteiger partial charge in [-0.15, -0.1) is 9.42 Å². The maximum absolute atomic E-state index is 10.3. The van der Waals surface area contributed by atoms with E-state index in [-0.39, 0.29) is 0 Å². The lowest BCUT2D eigenvalue weighted by Gasteiger charge is -2.03. The van der Waals surface area contributed by atoms with Crippen molar-refractivity contribution in [2.75, 3.05) is 6.61 Å². The molecule has 3 nitrogen and oxygen atoms in total. The molecule has 0 saturated carbocycles. The van der Waals surface area contributed by atoms with Crippen LogP contribution in [0.5, 0.6) is 0 Å². The van der Waals surface area contributed by atoms with Crippen LogP contribution in [0.1, 0.15) is 129 Å². The monoisotopic (exact) mass is 375 g/mol. The lowest BCUT2D eigenvalue weighted by molar-refractivity contribution is 0.273. The lowest BCUT2D eigenvalue weighted by Crippen LogP contribution is -1.87. The van der Waals surface area contributed by atoms with Gasteiger partial charge in [0, 0.05) is 4.57 Å². The van der Waals surface area contributed by atoms with Gasteiger partial charge in [-0.25, -0.2) is 0 Å². The summed E-state index contributed by atoms with van der Waals surface area (Å²) < 4.78 is 15.0. The number of hydrogen-bond donors (Lipinski definition) is 1. The predicted molar refractivity (Wildman–Crippen MR) is 109 cm³/mol. The van der Waals surface area contributed by atoms with Crippen molar-refractivity contribution < 1.29 is 14.0 Å². The highest BCUT2D eigenvalue weighted by Gasteiger charge is 2.09. The van der Waals surface area contributed by atoms with Gasteiger partial charge in [0.1, 0.15) is 6.61 Å². The van der Waals surface area contributed by atoms with E-state index in [0.29, 0.717) is 6.61 Å². The van der Waals surface area contributed by atoms with Crippen LogP contribution < -0.4 is 0 Å². The fourth-order valence-electron chi connectivity index (χ4n) is 3.32. The number of hydrogen-bond acceptors (Lipinski definition) is 2. The first-order valence-corrected chi connectivity index (χ1v) is 12.2. The van der Waals surface area contributed by atoms with Crippen molar-refractivity contribution in [3.05, 3.63) is 0 Å². The van der Waals surface area contributed by atoms with E-state index in [1.807, 2.05) is 0 Å². The van der Waals surface area contributed by atoms with E-state index in [2.05, 4.69) is 11.4 Å². The van der Waals surface area contributed by atoms with Crippen LogP contribution in [0.25, 0.3) is 0 Å². The molecule has 4 heteroatoms. The van der Waals surface area contributed by atoms with Crippen molar-refractivity contribution in [2.24, 2.45) is 0 Å². The van der Waals surface area contributed by atoms with E-state index in [1.165, 1.54) is 109 Å². The van der Waals surface area contributed by atoms with Crippen molar-refractivity contribution >= 4 is 8.25 Å². The summed E-state index contributed by atoms with van der Waals surface area (Å²) >= 11 is 0. The summed E-state index contributed by atoms with van der Waals surface area (Å²) in [5.41, 5.74) is 0. The molecule has 1 atom stereocenters. The molecule has 0 aliphatic carbocycles. The molecule has 0 saturated heterocycles. The summed E-state index contributed by atoms with van der Waals surface area (Å²) in [6.07, 6.45) is 25.8. The molecule has 0 fully saturated rings. The van der Waals surface area contributed by atoms with Gasteiger partial charge in [0.2, 0.25) is 0 Å². The predicted octanol–water partition coefficient (Wildman–Crippen LogP) is 8.08. The Morgan fingerprint density at radius 2 is 0.840 bits per heavy atom. The van der Waals surface area contributed by atoms with Gasteiger partial charge in [0.25, 0.3) is 0 Å². The molecule has 0 bridgehead atoms. The third kappa shape index (κ3) is 24.0. The van der Waals surface area contributed by atoms with E-state index >= 15 is 0 Å². The summed E-state index contributed by atoms with van der Waals surface area (Å²) in [7, 11) is -2.40. The van der Waals surface area contributed by atoms with E-state index in [0.717, 1.165) is 12.8 Å². The van der Waals surface area contributed by atoms with Crippen molar-refractivity contribution in [1.82, 2.24) is 0 Å². The second kappa shape index (κ2) is 22.1. The van der Waals surface area contributed by atoms with Gasteiger partial charge in [-0.1, -0.05) is 122 Å². The molecule has 1 N–H and O–H groups in total. The molecule has 0 aromatic carbocycles. The third-order valence-electron chi connectivity index (χ3n) is 4.95. The normalized spacial score (nSPS) is 11.8. The lowest BCUT2D eigenvalue weighted by atomic mass is 10.0. The molecule has 25 heavy (non-hydrogen) atoms. The van der Waals surface area contributed by atoms with E-state index in [9.17, 15) is 4.57 Å². The maximum atomic E-state index is 10.3. The Balaban J connectivity index is 2.97. The molecule has 0 radical (unpaired) electrons. The first kappa shape index (κ1) is 25.0. The molecule has 1 unspecified atom stereocenters. The first-order valence-electron chi connectivity index (χ1n) is 11.1. The van der Waals surface area contributed by atoms with Crippen LogP contribution in [0.3, 0.4) is 0 Å². The number of rotatable bonds is 21. The first-order chi connectivity index (χ1) is 12.3. The van der Waals surface area contributed by atoms with Crippen LogP contribution in [0.15, 0.2) is 0 Å². The Hall–Kier alpha value is 0.0200. The SMILES string of the molecule is CCCCCCCCCCCCCCCCCCCCCO[P+](=O)O. The van der Waals surface area contributed by atoms with Gasteiger partial charge in [0.15, 0.2) is 0 Å². The fraction of sp³-hybridized carbons (Fsp3) is 1.00. The van der Waals surface area contributed by atoms with Crippen LogP contribution in [-0.4, -0.2) is 11.5 Å². The molecule has 0 spiro atoms. The minimum atomic E-state index is -2.40. The topological polar surface area (TPSA) is 46.5 Å². The summed E-state index contributed by atoms with van der Waals surface area (Å²) in [6.45, 7) is 2.70. The zero-order valence-electron chi connectivity index (χ0n) is 16.9. The van der Waals surface area contributed by atoms with Crippen molar-refractivity contribution in [2.45, 2.75) is 129 Å². The zero-order valence-corrected chi connectivity index (χ0v) is 17.7. The van der Waals surface area contributed by atoms with Crippen LogP contribution in [0, 0.1) is 0 Å². The van der Waals surface area contributed by atoms with Gasteiger partial charge in [-0.2, -0.15) is 0 Å². The second-order valence-electron chi connectivity index (χ2n) is 7.44.